The second-order valence-corrected chi connectivity index (χ2v) is 5.25. The van der Waals surface area contributed by atoms with Gasteiger partial charge in [-0.3, -0.25) is 0 Å². The van der Waals surface area contributed by atoms with Gasteiger partial charge < -0.3 is 4.90 Å². The molecule has 2 aliphatic rings. The van der Waals surface area contributed by atoms with Gasteiger partial charge in [0.2, 0.25) is 0 Å². The van der Waals surface area contributed by atoms with Gasteiger partial charge in [0.05, 0.1) is 0 Å². The molecule has 0 spiro atoms. The summed E-state index contributed by atoms with van der Waals surface area (Å²) in [4.78, 5) is 2.59. The lowest BCUT2D eigenvalue weighted by Gasteiger charge is -2.19. The van der Waals surface area contributed by atoms with E-state index in [1.807, 2.05) is 0 Å². The average Bonchev–Trinajstić information content (AvgIpc) is 2.83. The van der Waals surface area contributed by atoms with Gasteiger partial charge in [-0.05, 0) is 31.4 Å². The van der Waals surface area contributed by atoms with Crippen molar-refractivity contribution in [2.75, 3.05) is 19.6 Å². The number of fused-ring (bicyclic) bond motifs is 1. The number of piperidine rings is 1. The third-order valence-corrected chi connectivity index (χ3v) is 4.29. The molecule has 0 bridgehead atoms. The van der Waals surface area contributed by atoms with Crippen LogP contribution in [-0.4, -0.2) is 24.5 Å². The Hall–Kier alpha value is -0.820. The monoisotopic (exact) mass is 201 g/mol. The fraction of sp³-hybridized carbons (Fsp3) is 0.571. The minimum absolute atomic E-state index is 0.545. The number of rotatable bonds is 2. The van der Waals surface area contributed by atoms with Gasteiger partial charge in [-0.25, -0.2) is 0 Å². The van der Waals surface area contributed by atoms with E-state index in [-0.39, 0.29) is 0 Å². The molecule has 1 nitrogen and oxygen atoms in total. The van der Waals surface area contributed by atoms with E-state index in [0.29, 0.717) is 5.41 Å². The van der Waals surface area contributed by atoms with Crippen LogP contribution in [0.5, 0.6) is 0 Å². The molecule has 3 rings (SSSR count). The molecule has 1 saturated carbocycles. The van der Waals surface area contributed by atoms with Crippen LogP contribution in [0.1, 0.15) is 24.5 Å². The molecule has 1 heteroatoms. The molecule has 2 atom stereocenters. The van der Waals surface area contributed by atoms with Crippen LogP contribution in [0.15, 0.2) is 24.3 Å². The highest BCUT2D eigenvalue weighted by atomic mass is 15.2. The first-order valence-electron chi connectivity index (χ1n) is 6.04. The topological polar surface area (TPSA) is 3.24 Å². The predicted octanol–water partition coefficient (Wildman–Crippen LogP) is 2.59. The molecule has 1 saturated heterocycles. The highest BCUT2D eigenvalue weighted by Crippen LogP contribution is 2.58. The first kappa shape index (κ1) is 9.41. The molecule has 0 radical (unpaired) electrons. The van der Waals surface area contributed by atoms with Gasteiger partial charge in [-0.2, -0.15) is 0 Å². The lowest BCUT2D eigenvalue weighted by molar-refractivity contribution is 0.314. The summed E-state index contributed by atoms with van der Waals surface area (Å²) in [7, 11) is 0. The van der Waals surface area contributed by atoms with Crippen molar-refractivity contribution in [3.63, 3.8) is 0 Å². The standard InChI is InChI=1S/C14H19N/c1-3-15-9-13-8-14(13,10-15)12-6-4-11(2)5-7-12/h4-7,13H,3,8-10H2,1-2H3/t13-,14+/m0/s1. The maximum atomic E-state index is 2.59. The summed E-state index contributed by atoms with van der Waals surface area (Å²) in [6.07, 6.45) is 1.42. The van der Waals surface area contributed by atoms with Crippen molar-refractivity contribution in [2.45, 2.75) is 25.7 Å². The van der Waals surface area contributed by atoms with Crippen LogP contribution in [0.2, 0.25) is 0 Å². The molecule has 0 amide bonds. The zero-order chi connectivity index (χ0) is 10.5. The lowest BCUT2D eigenvalue weighted by Crippen LogP contribution is -2.26. The number of benzene rings is 1. The molecular weight excluding hydrogens is 182 g/mol. The smallest absolute Gasteiger partial charge is 0.0124 e. The van der Waals surface area contributed by atoms with E-state index in [0.717, 1.165) is 5.92 Å². The Morgan fingerprint density at radius 1 is 1.33 bits per heavy atom. The predicted molar refractivity (Wildman–Crippen MR) is 63.1 cm³/mol. The fourth-order valence-corrected chi connectivity index (χ4v) is 3.16. The van der Waals surface area contributed by atoms with Gasteiger partial charge in [0.1, 0.15) is 0 Å². The zero-order valence-corrected chi connectivity index (χ0v) is 9.66. The van der Waals surface area contributed by atoms with E-state index >= 15 is 0 Å². The Kier molecular flexibility index (Phi) is 1.93. The molecule has 15 heavy (non-hydrogen) atoms. The Balaban J connectivity index is 1.87. The van der Waals surface area contributed by atoms with E-state index in [1.54, 1.807) is 5.56 Å². The number of hydrogen-bond acceptors (Lipinski definition) is 1. The molecule has 1 heterocycles. The SMILES string of the molecule is CCN1C[C@@H]2C[C@]2(c2ccc(C)cc2)C1. The van der Waals surface area contributed by atoms with Crippen molar-refractivity contribution in [3.05, 3.63) is 35.4 Å². The highest BCUT2D eigenvalue weighted by Gasteiger charge is 2.60. The highest BCUT2D eigenvalue weighted by molar-refractivity contribution is 5.38. The summed E-state index contributed by atoms with van der Waals surface area (Å²) < 4.78 is 0. The largest absolute Gasteiger partial charge is 0.302 e. The number of aryl methyl sites for hydroxylation is 1. The van der Waals surface area contributed by atoms with Gasteiger partial charge in [-0.1, -0.05) is 36.8 Å². The second-order valence-electron chi connectivity index (χ2n) is 5.25. The molecule has 0 N–H and O–H groups in total. The van der Waals surface area contributed by atoms with E-state index in [4.69, 9.17) is 0 Å². The van der Waals surface area contributed by atoms with E-state index in [1.165, 1.54) is 31.6 Å². The van der Waals surface area contributed by atoms with E-state index < -0.39 is 0 Å². The quantitative estimate of drug-likeness (QED) is 0.711. The van der Waals surface area contributed by atoms with Crippen molar-refractivity contribution in [1.82, 2.24) is 4.90 Å². The summed E-state index contributed by atoms with van der Waals surface area (Å²) >= 11 is 0. The molecule has 2 fully saturated rings. The first-order chi connectivity index (χ1) is 7.24. The van der Waals surface area contributed by atoms with Crippen molar-refractivity contribution in [2.24, 2.45) is 5.92 Å². The van der Waals surface area contributed by atoms with Crippen LogP contribution in [0.4, 0.5) is 0 Å². The number of nitrogens with zero attached hydrogens (tertiary/aromatic N) is 1. The number of hydrogen-bond donors (Lipinski definition) is 0. The summed E-state index contributed by atoms with van der Waals surface area (Å²) in [6.45, 7) is 8.26. The maximum absolute atomic E-state index is 2.59. The Morgan fingerprint density at radius 3 is 2.67 bits per heavy atom. The molecule has 1 aromatic rings. The van der Waals surface area contributed by atoms with Crippen molar-refractivity contribution >= 4 is 0 Å². The van der Waals surface area contributed by atoms with Crippen molar-refractivity contribution in [1.29, 1.82) is 0 Å². The molecule has 1 aliphatic carbocycles. The van der Waals surface area contributed by atoms with E-state index in [9.17, 15) is 0 Å². The third kappa shape index (κ3) is 1.33. The van der Waals surface area contributed by atoms with E-state index in [2.05, 4.69) is 43.0 Å². The Labute approximate surface area is 92.1 Å². The van der Waals surface area contributed by atoms with Gasteiger partial charge in [0.25, 0.3) is 0 Å². The van der Waals surface area contributed by atoms with Crippen LogP contribution < -0.4 is 0 Å². The maximum Gasteiger partial charge on any atom is 0.0124 e. The first-order valence-corrected chi connectivity index (χ1v) is 6.04. The molecule has 0 aromatic heterocycles. The summed E-state index contributed by atoms with van der Waals surface area (Å²) in [5, 5.41) is 0. The van der Waals surface area contributed by atoms with Crippen molar-refractivity contribution < 1.29 is 0 Å². The van der Waals surface area contributed by atoms with Gasteiger partial charge in [-0.15, -0.1) is 0 Å². The number of likely N-dealkylation sites (N-methyl/N-ethyl adjacent to an activating group) is 1. The summed E-state index contributed by atoms with van der Waals surface area (Å²) in [5.41, 5.74) is 3.50. The molecular formula is C14H19N. The Bertz CT molecular complexity index is 367. The van der Waals surface area contributed by atoms with Crippen molar-refractivity contribution in [3.8, 4) is 0 Å². The average molecular weight is 201 g/mol. The van der Waals surface area contributed by atoms with Gasteiger partial charge >= 0.3 is 0 Å². The van der Waals surface area contributed by atoms with Crippen LogP contribution in [0.25, 0.3) is 0 Å². The normalized spacial score (nSPS) is 34.1. The van der Waals surface area contributed by atoms with Gasteiger partial charge in [0.15, 0.2) is 0 Å². The minimum Gasteiger partial charge on any atom is -0.302 e. The second kappa shape index (κ2) is 3.08. The fourth-order valence-electron chi connectivity index (χ4n) is 3.16. The molecule has 1 aromatic carbocycles. The summed E-state index contributed by atoms with van der Waals surface area (Å²) in [5.74, 6) is 0.945. The molecule has 80 valence electrons. The molecule has 1 aliphatic heterocycles. The van der Waals surface area contributed by atoms with Crippen LogP contribution in [0, 0.1) is 12.8 Å². The van der Waals surface area contributed by atoms with Crippen LogP contribution >= 0.6 is 0 Å². The van der Waals surface area contributed by atoms with Gasteiger partial charge in [0, 0.05) is 18.5 Å². The lowest BCUT2D eigenvalue weighted by atomic mass is 9.94. The summed E-state index contributed by atoms with van der Waals surface area (Å²) in [6, 6.07) is 9.20. The van der Waals surface area contributed by atoms with Crippen LogP contribution in [0.3, 0.4) is 0 Å². The minimum atomic E-state index is 0.545. The third-order valence-electron chi connectivity index (χ3n) is 4.29. The van der Waals surface area contributed by atoms with Crippen LogP contribution in [-0.2, 0) is 5.41 Å². The number of likely N-dealkylation sites (tertiary alicyclic amines) is 1. The zero-order valence-electron chi connectivity index (χ0n) is 9.66. The molecule has 0 unspecified atom stereocenters. The Morgan fingerprint density at radius 2 is 2.07 bits per heavy atom.